The van der Waals surface area contributed by atoms with Gasteiger partial charge >= 0.3 is 0 Å². The van der Waals surface area contributed by atoms with E-state index in [0.717, 1.165) is 0 Å². The van der Waals surface area contributed by atoms with Crippen LogP contribution >= 0.6 is 0 Å². The first-order valence-corrected chi connectivity index (χ1v) is 6.78. The van der Waals surface area contributed by atoms with Gasteiger partial charge in [-0.15, -0.1) is 0 Å². The molecule has 0 saturated heterocycles. The number of nitrogens with two attached hydrogens (primary N) is 1. The van der Waals surface area contributed by atoms with Crippen molar-refractivity contribution in [1.82, 2.24) is 10.2 Å². The van der Waals surface area contributed by atoms with Gasteiger partial charge in [0.05, 0.1) is 17.1 Å². The summed E-state index contributed by atoms with van der Waals surface area (Å²) in [4.78, 5) is 0. The summed E-state index contributed by atoms with van der Waals surface area (Å²) in [5.74, 6) is 0.604. The Balaban J connectivity index is 2.70. The van der Waals surface area contributed by atoms with Crippen LogP contribution in [0.2, 0.25) is 0 Å². The monoisotopic (exact) mass is 246 g/mol. The summed E-state index contributed by atoms with van der Waals surface area (Å²) in [5, 5.41) is 6.41. The molecule has 1 rings (SSSR count). The summed E-state index contributed by atoms with van der Waals surface area (Å²) < 4.78 is 25.7. The molecule has 0 radical (unpaired) electrons. The molecule has 6 nitrogen and oxygen atoms in total. The van der Waals surface area contributed by atoms with Crippen LogP contribution in [0.25, 0.3) is 0 Å². The first-order valence-electron chi connectivity index (χ1n) is 5.12. The first-order chi connectivity index (χ1) is 7.32. The van der Waals surface area contributed by atoms with E-state index < -0.39 is 10.0 Å². The summed E-state index contributed by atoms with van der Waals surface area (Å²) in [5.41, 5.74) is 6.64. The van der Waals surface area contributed by atoms with Crippen LogP contribution in [0, 0.1) is 12.8 Å². The zero-order valence-corrected chi connectivity index (χ0v) is 10.6. The molecule has 0 aliphatic heterocycles. The summed E-state index contributed by atoms with van der Waals surface area (Å²) in [6.45, 7) is 5.68. The average Bonchev–Trinajstić information content (AvgIpc) is 2.46. The quantitative estimate of drug-likeness (QED) is 0.723. The Bertz CT molecular complexity index is 450. The van der Waals surface area contributed by atoms with Crippen molar-refractivity contribution in [3.05, 3.63) is 5.69 Å². The zero-order chi connectivity index (χ0) is 12.3. The number of sulfonamides is 1. The first kappa shape index (κ1) is 12.8. The van der Waals surface area contributed by atoms with Crippen molar-refractivity contribution in [2.24, 2.45) is 5.92 Å². The van der Waals surface area contributed by atoms with Crippen LogP contribution in [-0.2, 0) is 10.0 Å². The Hall–Kier alpha value is -1.24. The van der Waals surface area contributed by atoms with E-state index >= 15 is 0 Å². The predicted molar refractivity (Wildman–Crippen MR) is 64.6 cm³/mol. The van der Waals surface area contributed by atoms with Crippen LogP contribution in [0.4, 0.5) is 11.5 Å². The second-order valence-corrected chi connectivity index (χ2v) is 6.06. The van der Waals surface area contributed by atoms with E-state index in [9.17, 15) is 8.42 Å². The van der Waals surface area contributed by atoms with Crippen LogP contribution in [0.5, 0.6) is 0 Å². The molecular weight excluding hydrogens is 228 g/mol. The van der Waals surface area contributed by atoms with Crippen LogP contribution in [0.15, 0.2) is 0 Å². The lowest BCUT2D eigenvalue weighted by Gasteiger charge is -2.07. The van der Waals surface area contributed by atoms with Gasteiger partial charge in [0.15, 0.2) is 5.82 Å². The lowest BCUT2D eigenvalue weighted by molar-refractivity contribution is 0.578. The summed E-state index contributed by atoms with van der Waals surface area (Å²) in [6.07, 6.45) is 0.610. The maximum atomic E-state index is 11.6. The number of anilines is 2. The van der Waals surface area contributed by atoms with Crippen LogP contribution < -0.4 is 10.5 Å². The van der Waals surface area contributed by atoms with Crippen LogP contribution in [0.3, 0.4) is 0 Å². The van der Waals surface area contributed by atoms with Crippen molar-refractivity contribution < 1.29 is 8.42 Å². The highest BCUT2D eigenvalue weighted by atomic mass is 32.2. The molecule has 1 aromatic heterocycles. The second-order valence-electron chi connectivity index (χ2n) is 4.21. The highest BCUT2D eigenvalue weighted by Gasteiger charge is 2.15. The van der Waals surface area contributed by atoms with E-state index in [1.165, 1.54) is 0 Å². The number of rotatable bonds is 5. The molecule has 7 heteroatoms. The van der Waals surface area contributed by atoms with Gasteiger partial charge in [-0.25, -0.2) is 8.42 Å². The molecule has 0 bridgehead atoms. The number of nitrogens with one attached hydrogen (secondary N) is 2. The molecule has 0 fully saturated rings. The Morgan fingerprint density at radius 2 is 2.12 bits per heavy atom. The van der Waals surface area contributed by atoms with E-state index in [1.54, 1.807) is 6.92 Å². The normalized spacial score (nSPS) is 12.0. The number of nitrogen functional groups attached to an aromatic ring is 1. The third-order valence-corrected chi connectivity index (χ3v) is 3.49. The minimum absolute atomic E-state index is 0.0794. The summed E-state index contributed by atoms with van der Waals surface area (Å²) in [6, 6.07) is 0. The Morgan fingerprint density at radius 3 is 2.56 bits per heavy atom. The Labute approximate surface area is 95.7 Å². The molecule has 0 amide bonds. The van der Waals surface area contributed by atoms with Gasteiger partial charge in [-0.3, -0.25) is 9.82 Å². The Kier molecular flexibility index (Phi) is 3.79. The molecule has 0 saturated carbocycles. The van der Waals surface area contributed by atoms with Crippen molar-refractivity contribution in [1.29, 1.82) is 0 Å². The van der Waals surface area contributed by atoms with E-state index in [2.05, 4.69) is 14.9 Å². The number of hydrogen-bond donors (Lipinski definition) is 3. The molecule has 0 atom stereocenters. The fourth-order valence-corrected chi connectivity index (χ4v) is 2.44. The molecule has 1 heterocycles. The number of aromatic amines is 1. The number of hydrogen-bond acceptors (Lipinski definition) is 4. The van der Waals surface area contributed by atoms with Gasteiger partial charge in [-0.1, -0.05) is 13.8 Å². The fourth-order valence-electron chi connectivity index (χ4n) is 1.10. The summed E-state index contributed by atoms with van der Waals surface area (Å²) >= 11 is 0. The van der Waals surface area contributed by atoms with E-state index in [-0.39, 0.29) is 11.6 Å². The van der Waals surface area contributed by atoms with Crippen molar-refractivity contribution in [3.8, 4) is 0 Å². The van der Waals surface area contributed by atoms with E-state index in [0.29, 0.717) is 23.7 Å². The van der Waals surface area contributed by atoms with Crippen molar-refractivity contribution in [3.63, 3.8) is 0 Å². The van der Waals surface area contributed by atoms with Gasteiger partial charge in [-0.2, -0.15) is 5.10 Å². The van der Waals surface area contributed by atoms with E-state index in [4.69, 9.17) is 5.73 Å². The minimum atomic E-state index is -3.35. The number of aromatic nitrogens is 2. The molecule has 4 N–H and O–H groups in total. The standard InChI is InChI=1S/C9H18N4O2S/c1-6(2)4-5-16(14,15)13-9-8(10)7(3)11-12-9/h6H,4-5,10H2,1-3H3,(H2,11,12,13). The molecule has 0 aliphatic carbocycles. The molecule has 1 aromatic rings. The van der Waals surface area contributed by atoms with Crippen LogP contribution in [0.1, 0.15) is 26.0 Å². The minimum Gasteiger partial charge on any atom is -0.394 e. The van der Waals surface area contributed by atoms with Gasteiger partial charge in [-0.05, 0) is 19.3 Å². The molecule has 0 aromatic carbocycles. The average molecular weight is 246 g/mol. The predicted octanol–water partition coefficient (Wildman–Crippen LogP) is 1.09. The second kappa shape index (κ2) is 4.73. The molecule has 92 valence electrons. The summed E-state index contributed by atoms with van der Waals surface area (Å²) in [7, 11) is -3.35. The highest BCUT2D eigenvalue weighted by molar-refractivity contribution is 7.92. The van der Waals surface area contributed by atoms with Gasteiger partial charge in [0.25, 0.3) is 0 Å². The van der Waals surface area contributed by atoms with Crippen molar-refractivity contribution in [2.45, 2.75) is 27.2 Å². The van der Waals surface area contributed by atoms with Crippen molar-refractivity contribution in [2.75, 3.05) is 16.2 Å². The third-order valence-electron chi connectivity index (χ3n) is 2.21. The molecular formula is C9H18N4O2S. The highest BCUT2D eigenvalue weighted by Crippen LogP contribution is 2.19. The smallest absolute Gasteiger partial charge is 0.233 e. The Morgan fingerprint density at radius 1 is 1.50 bits per heavy atom. The maximum Gasteiger partial charge on any atom is 0.233 e. The molecule has 0 spiro atoms. The molecule has 0 unspecified atom stereocenters. The molecule has 16 heavy (non-hydrogen) atoms. The van der Waals surface area contributed by atoms with Crippen molar-refractivity contribution >= 4 is 21.5 Å². The number of nitrogens with zero attached hydrogens (tertiary/aromatic N) is 1. The van der Waals surface area contributed by atoms with E-state index in [1.807, 2.05) is 13.8 Å². The fraction of sp³-hybridized carbons (Fsp3) is 0.667. The maximum absolute atomic E-state index is 11.6. The van der Waals surface area contributed by atoms with Gasteiger partial charge in [0, 0.05) is 0 Å². The van der Waals surface area contributed by atoms with Crippen LogP contribution in [-0.4, -0.2) is 24.4 Å². The third kappa shape index (κ3) is 3.41. The number of H-pyrrole nitrogens is 1. The lowest BCUT2D eigenvalue weighted by atomic mass is 10.2. The molecule has 0 aliphatic rings. The SMILES string of the molecule is Cc1[nH]nc(NS(=O)(=O)CCC(C)C)c1N. The lowest BCUT2D eigenvalue weighted by Crippen LogP contribution is -2.18. The topological polar surface area (TPSA) is 101 Å². The zero-order valence-electron chi connectivity index (χ0n) is 9.74. The largest absolute Gasteiger partial charge is 0.394 e. The number of aryl methyl sites for hydroxylation is 1. The van der Waals surface area contributed by atoms with Gasteiger partial charge < -0.3 is 5.73 Å². The van der Waals surface area contributed by atoms with Gasteiger partial charge in [0.1, 0.15) is 0 Å². The van der Waals surface area contributed by atoms with Gasteiger partial charge in [0.2, 0.25) is 10.0 Å².